The molecule has 11 rings (SSSR count). The maximum Gasteiger partial charge on any atom is 0.417 e. The van der Waals surface area contributed by atoms with E-state index in [2.05, 4.69) is 0 Å². The summed E-state index contributed by atoms with van der Waals surface area (Å²) < 4.78 is 86.8. The van der Waals surface area contributed by atoms with Crippen molar-refractivity contribution in [2.45, 2.75) is 12.4 Å². The summed E-state index contributed by atoms with van der Waals surface area (Å²) in [4.78, 5) is 30.1. The van der Waals surface area contributed by atoms with Gasteiger partial charge in [0.25, 0.3) is 0 Å². The van der Waals surface area contributed by atoms with E-state index >= 15 is 0 Å². The van der Waals surface area contributed by atoms with E-state index in [4.69, 9.17) is 29.9 Å². The van der Waals surface area contributed by atoms with Gasteiger partial charge in [-0.3, -0.25) is 0 Å². The minimum atomic E-state index is -5.07. The fourth-order valence-corrected chi connectivity index (χ4v) is 8.52. The fourth-order valence-electron chi connectivity index (χ4n) is 8.52. The van der Waals surface area contributed by atoms with Crippen LogP contribution in [0.25, 0.3) is 107 Å². The summed E-state index contributed by atoms with van der Waals surface area (Å²) >= 11 is 0. The zero-order chi connectivity index (χ0) is 47.3. The lowest BCUT2D eigenvalue weighted by Crippen LogP contribution is -2.12. The quantitative estimate of drug-likeness (QED) is 0.141. The first-order valence-corrected chi connectivity index (χ1v) is 21.7. The van der Waals surface area contributed by atoms with Gasteiger partial charge in [0, 0.05) is 44.2 Å². The first-order chi connectivity index (χ1) is 33.5. The normalized spacial score (nSPS) is 11.9. The van der Waals surface area contributed by atoms with E-state index in [1.807, 2.05) is 168 Å². The summed E-state index contributed by atoms with van der Waals surface area (Å²) in [6.45, 7) is 0. The molecule has 3 aromatic heterocycles. The van der Waals surface area contributed by atoms with Crippen molar-refractivity contribution in [2.24, 2.45) is 0 Å². The van der Waals surface area contributed by atoms with Crippen LogP contribution in [0.2, 0.25) is 0 Å². The molecule has 0 fully saturated rings. The van der Waals surface area contributed by atoms with Crippen LogP contribution in [0.1, 0.15) is 11.1 Å². The van der Waals surface area contributed by atoms with Gasteiger partial charge in [0.15, 0.2) is 34.9 Å². The molecule has 0 aliphatic rings. The summed E-state index contributed by atoms with van der Waals surface area (Å²) in [5, 5.41) is 1.25. The van der Waals surface area contributed by atoms with Crippen molar-refractivity contribution in [2.75, 3.05) is 0 Å². The molecule has 8 aromatic carbocycles. The standard InChI is InChI=1S/C56H33F6N7/c57-55(58,59)40-27-28-41(45(33-40)56(60,61)62)38-25-29-47-43(31-38)42-23-13-14-24-46(42)69(47)48-30-26-39(53-65-49(34-15-5-1-6-16-34)63-50(66-53)35-17-7-2-8-18-35)32-44(48)54-67-51(36-19-9-3-10-20-36)64-52(68-54)37-21-11-4-12-22-37/h1-33H. The number of aromatic nitrogens is 7. The summed E-state index contributed by atoms with van der Waals surface area (Å²) in [5.41, 5.74) is 3.07. The molecule has 0 aliphatic heterocycles. The van der Waals surface area contributed by atoms with Crippen LogP contribution in [-0.2, 0) is 12.4 Å². The Morgan fingerprint density at radius 2 is 0.739 bits per heavy atom. The van der Waals surface area contributed by atoms with Crippen molar-refractivity contribution in [1.29, 1.82) is 0 Å². The number of benzene rings is 8. The number of hydrogen-bond acceptors (Lipinski definition) is 6. The molecule has 0 amide bonds. The van der Waals surface area contributed by atoms with Crippen LogP contribution in [0.4, 0.5) is 26.3 Å². The molecular formula is C56H33F6N7. The molecule has 0 saturated carbocycles. The molecule has 0 unspecified atom stereocenters. The van der Waals surface area contributed by atoms with Crippen LogP contribution < -0.4 is 0 Å². The van der Waals surface area contributed by atoms with E-state index in [0.717, 1.165) is 28.3 Å². The zero-order valence-electron chi connectivity index (χ0n) is 36.0. The molecule has 13 heteroatoms. The number of alkyl halides is 6. The average molecular weight is 918 g/mol. The molecule has 11 aromatic rings. The van der Waals surface area contributed by atoms with E-state index < -0.39 is 23.5 Å². The second kappa shape index (κ2) is 17.1. The summed E-state index contributed by atoms with van der Waals surface area (Å²) in [5.74, 6) is 2.43. The molecule has 7 nitrogen and oxygen atoms in total. The third-order valence-corrected chi connectivity index (χ3v) is 11.8. The van der Waals surface area contributed by atoms with Gasteiger partial charge in [-0.2, -0.15) is 26.3 Å². The van der Waals surface area contributed by atoms with Crippen molar-refractivity contribution in [3.63, 3.8) is 0 Å². The zero-order valence-corrected chi connectivity index (χ0v) is 36.0. The lowest BCUT2D eigenvalue weighted by molar-refractivity contribution is -0.142. The largest absolute Gasteiger partial charge is 0.417 e. The predicted octanol–water partition coefficient (Wildman–Crippen LogP) is 14.9. The minimum absolute atomic E-state index is 0.0952. The molecule has 0 spiro atoms. The molecular weight excluding hydrogens is 885 g/mol. The van der Waals surface area contributed by atoms with Gasteiger partial charge in [-0.25, -0.2) is 29.9 Å². The maximum atomic E-state index is 14.5. The van der Waals surface area contributed by atoms with Crippen molar-refractivity contribution in [3.8, 4) is 85.1 Å². The third-order valence-electron chi connectivity index (χ3n) is 11.8. The SMILES string of the molecule is FC(F)(F)c1ccc(-c2ccc3c(c2)c2ccccc2n3-c2ccc(-c3nc(-c4ccccc4)nc(-c4ccccc4)n3)cc2-c2nc(-c3ccccc3)nc(-c3ccccc3)n2)c(C(F)(F)F)c1. The number of rotatable bonds is 8. The second-order valence-corrected chi connectivity index (χ2v) is 16.1. The highest BCUT2D eigenvalue weighted by Crippen LogP contribution is 2.44. The van der Waals surface area contributed by atoms with Gasteiger partial charge in [0.05, 0.1) is 27.8 Å². The smallest absolute Gasteiger partial charge is 0.309 e. The molecule has 0 N–H and O–H groups in total. The summed E-state index contributed by atoms with van der Waals surface area (Å²) in [6, 6.07) is 57.9. The number of para-hydroxylation sites is 1. The van der Waals surface area contributed by atoms with Crippen molar-refractivity contribution >= 4 is 21.8 Å². The highest BCUT2D eigenvalue weighted by Gasteiger charge is 2.38. The van der Waals surface area contributed by atoms with Crippen LogP contribution in [0, 0.1) is 0 Å². The lowest BCUT2D eigenvalue weighted by Gasteiger charge is -2.17. The van der Waals surface area contributed by atoms with Gasteiger partial charge in [-0.15, -0.1) is 0 Å². The van der Waals surface area contributed by atoms with E-state index in [0.29, 0.717) is 79.6 Å². The van der Waals surface area contributed by atoms with Crippen LogP contribution in [-0.4, -0.2) is 34.5 Å². The fraction of sp³-hybridized carbons (Fsp3) is 0.0357. The molecule has 0 radical (unpaired) electrons. The number of hydrogen-bond donors (Lipinski definition) is 0. The van der Waals surface area contributed by atoms with Gasteiger partial charge in [-0.05, 0) is 59.7 Å². The van der Waals surface area contributed by atoms with E-state index in [-0.39, 0.29) is 17.2 Å². The Morgan fingerprint density at radius 3 is 1.23 bits per heavy atom. The second-order valence-electron chi connectivity index (χ2n) is 16.1. The Morgan fingerprint density at radius 1 is 0.304 bits per heavy atom. The monoisotopic (exact) mass is 917 g/mol. The highest BCUT2D eigenvalue weighted by molar-refractivity contribution is 6.11. The Kier molecular flexibility index (Phi) is 10.6. The van der Waals surface area contributed by atoms with Crippen LogP contribution in [0.5, 0.6) is 0 Å². The third kappa shape index (κ3) is 8.24. The Hall–Kier alpha value is -8.84. The van der Waals surface area contributed by atoms with Crippen LogP contribution in [0.15, 0.2) is 200 Å². The number of fused-ring (bicyclic) bond motifs is 3. The predicted molar refractivity (Wildman–Crippen MR) is 256 cm³/mol. The van der Waals surface area contributed by atoms with E-state index in [1.165, 1.54) is 6.07 Å². The van der Waals surface area contributed by atoms with Crippen LogP contribution in [0.3, 0.4) is 0 Å². The van der Waals surface area contributed by atoms with E-state index in [1.54, 1.807) is 12.1 Å². The molecule has 0 aliphatic carbocycles. The average Bonchev–Trinajstić information content (AvgIpc) is 3.72. The van der Waals surface area contributed by atoms with Gasteiger partial charge in [-0.1, -0.05) is 152 Å². The number of halogens is 6. The minimum Gasteiger partial charge on any atom is -0.309 e. The Balaban J connectivity index is 1.18. The Labute approximate surface area is 390 Å². The Bertz CT molecular complexity index is 3580. The summed E-state index contributed by atoms with van der Waals surface area (Å²) in [7, 11) is 0. The lowest BCUT2D eigenvalue weighted by atomic mass is 9.95. The maximum absolute atomic E-state index is 14.5. The highest BCUT2D eigenvalue weighted by atomic mass is 19.4. The van der Waals surface area contributed by atoms with Crippen molar-refractivity contribution < 1.29 is 26.3 Å². The van der Waals surface area contributed by atoms with Gasteiger partial charge in [0.1, 0.15) is 0 Å². The topological polar surface area (TPSA) is 82.3 Å². The van der Waals surface area contributed by atoms with Crippen molar-refractivity contribution in [1.82, 2.24) is 34.5 Å². The van der Waals surface area contributed by atoms with Gasteiger partial charge < -0.3 is 4.57 Å². The molecule has 0 bridgehead atoms. The molecule has 3 heterocycles. The van der Waals surface area contributed by atoms with Crippen molar-refractivity contribution in [3.05, 3.63) is 211 Å². The number of nitrogens with zero attached hydrogens (tertiary/aromatic N) is 7. The molecule has 334 valence electrons. The first kappa shape index (κ1) is 42.8. The molecule has 69 heavy (non-hydrogen) atoms. The first-order valence-electron chi connectivity index (χ1n) is 21.7. The molecule has 0 saturated heterocycles. The van der Waals surface area contributed by atoms with E-state index in [9.17, 15) is 26.3 Å². The van der Waals surface area contributed by atoms with Gasteiger partial charge >= 0.3 is 12.4 Å². The van der Waals surface area contributed by atoms with Crippen LogP contribution >= 0.6 is 0 Å². The summed E-state index contributed by atoms with van der Waals surface area (Å²) in [6.07, 6.45) is -10.0. The molecule has 0 atom stereocenters. The van der Waals surface area contributed by atoms with Gasteiger partial charge in [0.2, 0.25) is 0 Å².